The van der Waals surface area contributed by atoms with Crippen molar-refractivity contribution in [2.75, 3.05) is 34.8 Å². The Hall–Kier alpha value is -1.68. The summed E-state index contributed by atoms with van der Waals surface area (Å²) in [5.74, 6) is -0.745. The molecule has 4 nitrogen and oxygen atoms in total. The Kier molecular flexibility index (Phi) is 10.4. The van der Waals surface area contributed by atoms with Crippen molar-refractivity contribution < 1.29 is 40.2 Å². The molecule has 0 aromatic carbocycles. The van der Waals surface area contributed by atoms with Gasteiger partial charge in [-0.25, -0.2) is 9.37 Å². The summed E-state index contributed by atoms with van der Waals surface area (Å²) in [6.45, 7) is 1.77. The fraction of sp³-hybridized carbons (Fsp3) is 0.636. The van der Waals surface area contributed by atoms with Crippen LogP contribution in [-0.4, -0.2) is 69.6 Å². The van der Waals surface area contributed by atoms with E-state index in [1.807, 2.05) is 0 Å². The largest absolute Gasteiger partial charge is 0.673 e. The zero-order valence-electron chi connectivity index (χ0n) is 12.9. The molecule has 0 aromatic rings. The van der Waals surface area contributed by atoms with Gasteiger partial charge in [0.1, 0.15) is 19.7 Å². The second-order valence-corrected chi connectivity index (χ2v) is 4.30. The van der Waals surface area contributed by atoms with Crippen molar-refractivity contribution in [3.8, 4) is 0 Å². The first kappa shape index (κ1) is 22.6. The number of carbonyl (C=O) groups excluding carboxylic acids is 1. The van der Waals surface area contributed by atoms with Crippen molar-refractivity contribution in [1.29, 1.82) is 0 Å². The molecule has 0 rings (SSSR count). The van der Waals surface area contributed by atoms with Gasteiger partial charge >= 0.3 is 19.6 Å². The third-order valence-corrected chi connectivity index (χ3v) is 1.85. The maximum absolute atomic E-state index is 12.9. The van der Waals surface area contributed by atoms with Gasteiger partial charge in [-0.2, -0.15) is 8.78 Å². The molecule has 0 radical (unpaired) electrons. The lowest BCUT2D eigenvalue weighted by Crippen LogP contribution is -2.30. The molecular formula is C11H19BF6N2O2. The molecule has 130 valence electrons. The van der Waals surface area contributed by atoms with Crippen LogP contribution in [0.2, 0.25) is 0 Å². The van der Waals surface area contributed by atoms with E-state index in [0.29, 0.717) is 0 Å². The van der Waals surface area contributed by atoms with E-state index >= 15 is 0 Å². The zero-order valence-corrected chi connectivity index (χ0v) is 12.9. The van der Waals surface area contributed by atoms with E-state index in [2.05, 4.69) is 0 Å². The van der Waals surface area contributed by atoms with Crippen LogP contribution in [0.4, 0.5) is 26.0 Å². The van der Waals surface area contributed by atoms with Gasteiger partial charge in [0, 0.05) is 20.3 Å². The lowest BCUT2D eigenvalue weighted by atomic mass is 10.1. The Morgan fingerprint density at radius 3 is 1.86 bits per heavy atom. The summed E-state index contributed by atoms with van der Waals surface area (Å²) in [7, 11) is 0.227. The van der Waals surface area contributed by atoms with Crippen LogP contribution in [0.25, 0.3) is 0 Å². The molecule has 0 aliphatic rings. The van der Waals surface area contributed by atoms with Gasteiger partial charge in [0.25, 0.3) is 5.71 Å². The van der Waals surface area contributed by atoms with E-state index in [0.717, 1.165) is 0 Å². The lowest BCUT2D eigenvalue weighted by Gasteiger charge is -2.11. The first-order chi connectivity index (χ1) is 9.81. The number of rotatable bonds is 5. The number of nitrogens with zero attached hydrogens (tertiary/aromatic N) is 2. The molecule has 0 aliphatic carbocycles. The second-order valence-electron chi connectivity index (χ2n) is 4.30. The van der Waals surface area contributed by atoms with Crippen molar-refractivity contribution in [2.45, 2.75) is 13.3 Å². The van der Waals surface area contributed by atoms with Crippen molar-refractivity contribution in [3.63, 3.8) is 0 Å². The molecule has 11 heteroatoms. The number of alkyl halides is 2. The highest BCUT2D eigenvalue weighted by Gasteiger charge is 2.32. The van der Waals surface area contributed by atoms with E-state index < -0.39 is 19.6 Å². The molecule has 0 unspecified atom stereocenters. The van der Waals surface area contributed by atoms with Crippen LogP contribution >= 0.6 is 0 Å². The zero-order chi connectivity index (χ0) is 18.1. The number of hydrogen-bond donors (Lipinski definition) is 0. The van der Waals surface area contributed by atoms with Crippen LogP contribution in [0, 0.1) is 0 Å². The lowest BCUT2D eigenvalue weighted by molar-refractivity contribution is -0.467. The first-order valence-corrected chi connectivity index (χ1v) is 6.06. The van der Waals surface area contributed by atoms with Crippen molar-refractivity contribution >= 4 is 18.9 Å². The molecule has 0 aliphatic heterocycles. The molecule has 0 saturated carbocycles. The van der Waals surface area contributed by atoms with Crippen molar-refractivity contribution in [1.82, 2.24) is 4.90 Å². The monoisotopic (exact) mass is 336 g/mol. The molecule has 0 bridgehead atoms. The van der Waals surface area contributed by atoms with Gasteiger partial charge in [0.15, 0.2) is 0 Å². The predicted molar refractivity (Wildman–Crippen MR) is 71.7 cm³/mol. The smallest absolute Gasteiger partial charge is 0.462 e. The molecule has 0 N–H and O–H groups in total. The average Bonchev–Trinajstić information content (AvgIpc) is 2.24. The van der Waals surface area contributed by atoms with E-state index in [4.69, 9.17) is 4.74 Å². The van der Waals surface area contributed by atoms with Gasteiger partial charge in [0.2, 0.25) is 0 Å². The normalized spacial score (nSPS) is 11.5. The van der Waals surface area contributed by atoms with Crippen LogP contribution in [0.3, 0.4) is 0 Å². The number of hydrogen-bond acceptors (Lipinski definition) is 3. The third kappa shape index (κ3) is 12.1. The molecule has 0 aromatic heterocycles. The van der Waals surface area contributed by atoms with Gasteiger partial charge in [-0.05, 0) is 6.92 Å². The summed E-state index contributed by atoms with van der Waals surface area (Å²) in [4.78, 5) is 13.2. The number of halogens is 6. The summed E-state index contributed by atoms with van der Waals surface area (Å²) >= 11 is 0. The molecule has 0 heterocycles. The third-order valence-electron chi connectivity index (χ3n) is 1.85. The van der Waals surface area contributed by atoms with E-state index in [1.54, 1.807) is 21.0 Å². The van der Waals surface area contributed by atoms with Gasteiger partial charge < -0.3 is 26.9 Å². The van der Waals surface area contributed by atoms with Crippen molar-refractivity contribution in [2.24, 2.45) is 0 Å². The Balaban J connectivity index is 0. The van der Waals surface area contributed by atoms with Crippen LogP contribution in [0.15, 0.2) is 11.8 Å². The minimum atomic E-state index is -6.00. The summed E-state index contributed by atoms with van der Waals surface area (Å²) in [6.07, 6.45) is -1.40. The van der Waals surface area contributed by atoms with Gasteiger partial charge in [-0.15, -0.1) is 0 Å². The second kappa shape index (κ2) is 10.1. The predicted octanol–water partition coefficient (Wildman–Crippen LogP) is 2.27. The Morgan fingerprint density at radius 1 is 1.23 bits per heavy atom. The van der Waals surface area contributed by atoms with Gasteiger partial charge in [0.05, 0.1) is 6.61 Å². The van der Waals surface area contributed by atoms with Gasteiger partial charge in [-0.1, -0.05) is 0 Å². The highest BCUT2D eigenvalue weighted by Crippen LogP contribution is 2.10. The molecule has 0 atom stereocenters. The topological polar surface area (TPSA) is 32.5 Å². The maximum atomic E-state index is 12.9. The quantitative estimate of drug-likeness (QED) is 0.193. The summed E-state index contributed by atoms with van der Waals surface area (Å²) in [5, 5.41) is 0. The fourth-order valence-corrected chi connectivity index (χ4v) is 1.24. The molecule has 0 saturated heterocycles. The number of carbonyl (C=O) groups is 1. The minimum absolute atomic E-state index is 0.128. The fourth-order valence-electron chi connectivity index (χ4n) is 1.24. The van der Waals surface area contributed by atoms with E-state index in [-0.39, 0.29) is 17.9 Å². The van der Waals surface area contributed by atoms with Crippen molar-refractivity contribution in [3.05, 3.63) is 11.8 Å². The summed E-state index contributed by atoms with van der Waals surface area (Å²) < 4.78 is 70.8. The SMILES string of the molecule is CCOC(=O)/C(=C\N(C)C)C(C(F)F)=[N+](C)C.F[B-](F)(F)F. The Morgan fingerprint density at radius 2 is 1.64 bits per heavy atom. The van der Waals surface area contributed by atoms with Gasteiger partial charge in [-0.3, -0.25) is 0 Å². The van der Waals surface area contributed by atoms with E-state index in [9.17, 15) is 30.8 Å². The Bertz CT molecular complexity index is 411. The van der Waals surface area contributed by atoms with Crippen LogP contribution in [-0.2, 0) is 9.53 Å². The van der Waals surface area contributed by atoms with Crippen LogP contribution in [0.1, 0.15) is 6.92 Å². The summed E-state index contributed by atoms with van der Waals surface area (Å²) in [6, 6.07) is 0. The molecule has 0 spiro atoms. The van der Waals surface area contributed by atoms with Crippen LogP contribution in [0.5, 0.6) is 0 Å². The average molecular weight is 336 g/mol. The van der Waals surface area contributed by atoms with Crippen LogP contribution < -0.4 is 0 Å². The molecule has 0 fully saturated rings. The highest BCUT2D eigenvalue weighted by molar-refractivity contribution is 6.50. The molecule has 0 amide bonds. The standard InChI is InChI=1S/C11H19F2N2O2.BF4/c1-6-17-11(16)8(7-14(2)3)9(10(12)13)15(4)5;2-1(3,4)5/h7,10H,6H2,1-5H3;/q+1;-1. The highest BCUT2D eigenvalue weighted by atomic mass is 19.5. The maximum Gasteiger partial charge on any atom is 0.673 e. The summed E-state index contributed by atoms with van der Waals surface area (Å²) in [5.41, 5.74) is -0.478. The number of ether oxygens (including phenoxy) is 1. The molecule has 22 heavy (non-hydrogen) atoms. The molecular weight excluding hydrogens is 317 g/mol. The minimum Gasteiger partial charge on any atom is -0.462 e. The first-order valence-electron chi connectivity index (χ1n) is 6.06. The van der Waals surface area contributed by atoms with E-state index in [1.165, 1.54) is 29.8 Å². The Labute approximate surface area is 125 Å². The number of esters is 1.